The van der Waals surface area contributed by atoms with Crippen LogP contribution in [0.25, 0.3) is 0 Å². The van der Waals surface area contributed by atoms with Crippen LogP contribution in [0.15, 0.2) is 11.4 Å². The Morgan fingerprint density at radius 1 is 1.47 bits per heavy atom. The first-order valence-electron chi connectivity index (χ1n) is 5.68. The van der Waals surface area contributed by atoms with Gasteiger partial charge >= 0.3 is 0 Å². The van der Waals surface area contributed by atoms with Gasteiger partial charge in [0.1, 0.15) is 0 Å². The number of hydrogen-bond donors (Lipinski definition) is 1. The van der Waals surface area contributed by atoms with Crippen molar-refractivity contribution in [1.29, 1.82) is 0 Å². The Balaban J connectivity index is 2.13. The molecule has 0 bridgehead atoms. The number of hydrogen-bond acceptors (Lipinski definition) is 2. The molecule has 86 valence electrons. The highest BCUT2D eigenvalue weighted by atomic mass is 35.5. The summed E-state index contributed by atoms with van der Waals surface area (Å²) in [5, 5.41) is 6.37. The highest BCUT2D eigenvalue weighted by Crippen LogP contribution is 2.19. The third-order valence-electron chi connectivity index (χ3n) is 2.49. The van der Waals surface area contributed by atoms with Crippen LogP contribution in [0.1, 0.15) is 44.4 Å². The molecular weight excluding hydrogens is 226 g/mol. The molecule has 1 atom stereocenters. The van der Waals surface area contributed by atoms with Crippen molar-refractivity contribution in [1.82, 2.24) is 5.32 Å². The van der Waals surface area contributed by atoms with Gasteiger partial charge in [0.15, 0.2) is 0 Å². The Morgan fingerprint density at radius 3 is 2.87 bits per heavy atom. The van der Waals surface area contributed by atoms with E-state index in [-0.39, 0.29) is 0 Å². The lowest BCUT2D eigenvalue weighted by atomic mass is 10.1. The van der Waals surface area contributed by atoms with Gasteiger partial charge in [0.2, 0.25) is 0 Å². The number of rotatable bonds is 7. The summed E-state index contributed by atoms with van der Waals surface area (Å²) >= 11 is 7.59. The van der Waals surface area contributed by atoms with Gasteiger partial charge in [0.25, 0.3) is 0 Å². The second-order valence-corrected chi connectivity index (χ2v) is 5.44. The van der Waals surface area contributed by atoms with Crippen molar-refractivity contribution in [2.75, 3.05) is 0 Å². The van der Waals surface area contributed by atoms with E-state index >= 15 is 0 Å². The number of thiophene rings is 1. The first-order chi connectivity index (χ1) is 7.22. The lowest BCUT2D eigenvalue weighted by Crippen LogP contribution is -2.24. The highest BCUT2D eigenvalue weighted by Gasteiger charge is 2.02. The highest BCUT2D eigenvalue weighted by molar-refractivity contribution is 7.10. The SMILES string of the molecule is CCCCCC(C)NCc1cc(Cl)cs1. The van der Waals surface area contributed by atoms with Gasteiger partial charge in [-0.3, -0.25) is 0 Å². The third kappa shape index (κ3) is 5.55. The van der Waals surface area contributed by atoms with E-state index < -0.39 is 0 Å². The first-order valence-corrected chi connectivity index (χ1v) is 6.94. The molecule has 1 unspecified atom stereocenters. The molecule has 0 fully saturated rings. The summed E-state index contributed by atoms with van der Waals surface area (Å²) in [5.41, 5.74) is 0. The number of nitrogens with one attached hydrogen (secondary N) is 1. The number of halogens is 1. The zero-order valence-electron chi connectivity index (χ0n) is 9.55. The van der Waals surface area contributed by atoms with Crippen molar-refractivity contribution in [3.05, 3.63) is 21.3 Å². The number of unbranched alkanes of at least 4 members (excludes halogenated alkanes) is 2. The van der Waals surface area contributed by atoms with Crippen molar-refractivity contribution < 1.29 is 0 Å². The van der Waals surface area contributed by atoms with Crippen molar-refractivity contribution in [2.45, 2.75) is 52.1 Å². The molecule has 0 aliphatic carbocycles. The van der Waals surface area contributed by atoms with E-state index in [0.29, 0.717) is 6.04 Å². The normalized spacial score (nSPS) is 13.0. The molecule has 0 spiro atoms. The average molecular weight is 246 g/mol. The van der Waals surface area contributed by atoms with Gasteiger partial charge in [-0.25, -0.2) is 0 Å². The molecule has 0 saturated heterocycles. The molecule has 0 aliphatic heterocycles. The van der Waals surface area contributed by atoms with E-state index in [0.717, 1.165) is 11.6 Å². The maximum absolute atomic E-state index is 5.86. The van der Waals surface area contributed by atoms with Crippen LogP contribution < -0.4 is 5.32 Å². The lowest BCUT2D eigenvalue weighted by Gasteiger charge is -2.12. The van der Waals surface area contributed by atoms with Crippen LogP contribution in [-0.2, 0) is 6.54 Å². The van der Waals surface area contributed by atoms with Crippen LogP contribution in [-0.4, -0.2) is 6.04 Å². The zero-order valence-corrected chi connectivity index (χ0v) is 11.1. The maximum Gasteiger partial charge on any atom is 0.0516 e. The van der Waals surface area contributed by atoms with Crippen LogP contribution in [0.4, 0.5) is 0 Å². The van der Waals surface area contributed by atoms with Gasteiger partial charge in [-0.05, 0) is 19.4 Å². The van der Waals surface area contributed by atoms with E-state index in [1.165, 1.54) is 30.6 Å². The standard InChI is InChI=1S/C12H20ClNS/c1-3-4-5-6-10(2)14-8-12-7-11(13)9-15-12/h7,9-10,14H,3-6,8H2,1-2H3. The van der Waals surface area contributed by atoms with Gasteiger partial charge in [-0.1, -0.05) is 37.8 Å². The lowest BCUT2D eigenvalue weighted by molar-refractivity contribution is 0.489. The maximum atomic E-state index is 5.86. The molecule has 0 aliphatic rings. The molecule has 1 aromatic heterocycles. The van der Waals surface area contributed by atoms with Crippen LogP contribution in [0.2, 0.25) is 5.02 Å². The fraction of sp³-hybridized carbons (Fsp3) is 0.667. The van der Waals surface area contributed by atoms with Crippen molar-refractivity contribution in [3.63, 3.8) is 0 Å². The summed E-state index contributed by atoms with van der Waals surface area (Å²) < 4.78 is 0. The minimum absolute atomic E-state index is 0.609. The summed E-state index contributed by atoms with van der Waals surface area (Å²) in [6.07, 6.45) is 5.24. The molecule has 1 rings (SSSR count). The van der Waals surface area contributed by atoms with E-state index in [2.05, 4.69) is 19.2 Å². The fourth-order valence-corrected chi connectivity index (χ4v) is 2.55. The van der Waals surface area contributed by atoms with Crippen LogP contribution in [0.3, 0.4) is 0 Å². The third-order valence-corrected chi connectivity index (χ3v) is 3.77. The summed E-state index contributed by atoms with van der Waals surface area (Å²) in [7, 11) is 0. The first kappa shape index (κ1) is 13.0. The predicted octanol–water partition coefficient (Wildman–Crippen LogP) is 4.46. The van der Waals surface area contributed by atoms with Crippen molar-refractivity contribution in [2.24, 2.45) is 0 Å². The largest absolute Gasteiger partial charge is 0.309 e. The quantitative estimate of drug-likeness (QED) is 0.700. The van der Waals surface area contributed by atoms with Crippen LogP contribution in [0, 0.1) is 0 Å². The van der Waals surface area contributed by atoms with Crippen LogP contribution >= 0.6 is 22.9 Å². The summed E-state index contributed by atoms with van der Waals surface area (Å²) in [6, 6.07) is 2.65. The second kappa shape index (κ2) is 7.26. The Labute approximate surface area is 102 Å². The Kier molecular flexibility index (Phi) is 6.30. The van der Waals surface area contributed by atoms with E-state index in [4.69, 9.17) is 11.6 Å². The molecule has 0 saturated carbocycles. The minimum atomic E-state index is 0.609. The van der Waals surface area contributed by atoms with Gasteiger partial charge in [-0.2, -0.15) is 0 Å². The molecule has 15 heavy (non-hydrogen) atoms. The molecule has 1 heterocycles. The van der Waals surface area contributed by atoms with Crippen molar-refractivity contribution >= 4 is 22.9 Å². The molecular formula is C12H20ClNS. The zero-order chi connectivity index (χ0) is 11.1. The molecule has 0 aromatic carbocycles. The summed E-state index contributed by atoms with van der Waals surface area (Å²) in [5.74, 6) is 0. The van der Waals surface area contributed by atoms with E-state index in [1.807, 2.05) is 11.4 Å². The smallest absolute Gasteiger partial charge is 0.0516 e. The summed E-state index contributed by atoms with van der Waals surface area (Å²) in [4.78, 5) is 1.32. The molecule has 0 amide bonds. The van der Waals surface area contributed by atoms with E-state index in [9.17, 15) is 0 Å². The topological polar surface area (TPSA) is 12.0 Å². The fourth-order valence-electron chi connectivity index (χ4n) is 1.52. The minimum Gasteiger partial charge on any atom is -0.309 e. The van der Waals surface area contributed by atoms with Crippen molar-refractivity contribution in [3.8, 4) is 0 Å². The second-order valence-electron chi connectivity index (χ2n) is 4.01. The summed E-state index contributed by atoms with van der Waals surface area (Å²) in [6.45, 7) is 5.45. The molecule has 3 heteroatoms. The van der Waals surface area contributed by atoms with Gasteiger partial charge < -0.3 is 5.32 Å². The molecule has 1 nitrogen and oxygen atoms in total. The van der Waals surface area contributed by atoms with Gasteiger partial charge in [-0.15, -0.1) is 11.3 Å². The van der Waals surface area contributed by atoms with Gasteiger partial charge in [0.05, 0.1) is 5.02 Å². The van der Waals surface area contributed by atoms with E-state index in [1.54, 1.807) is 11.3 Å². The Morgan fingerprint density at radius 2 is 2.27 bits per heavy atom. The molecule has 0 radical (unpaired) electrons. The van der Waals surface area contributed by atoms with Gasteiger partial charge in [0, 0.05) is 22.8 Å². The molecule has 1 N–H and O–H groups in total. The Hall–Kier alpha value is -0.0500. The predicted molar refractivity (Wildman–Crippen MR) is 69.8 cm³/mol. The monoisotopic (exact) mass is 245 g/mol. The molecule has 1 aromatic rings. The average Bonchev–Trinajstić information content (AvgIpc) is 2.62. The Bertz CT molecular complexity index is 272. The van der Waals surface area contributed by atoms with Crippen LogP contribution in [0.5, 0.6) is 0 Å².